The fourth-order valence-corrected chi connectivity index (χ4v) is 2.11. The van der Waals surface area contributed by atoms with Gasteiger partial charge in [-0.25, -0.2) is 4.79 Å². The second kappa shape index (κ2) is 5.86. The number of allylic oxidation sites excluding steroid dienone is 1. The van der Waals surface area contributed by atoms with Gasteiger partial charge in [0.05, 0.1) is 5.57 Å². The molecule has 5 heteroatoms. The molecule has 0 aliphatic carbocycles. The SMILES string of the molecule is Br.O.O=C(O)C1=CC2=Cc3ccccc3CN2C=C1. The minimum absolute atomic E-state index is 0. The predicted molar refractivity (Wildman–Crippen MR) is 78.8 cm³/mol. The monoisotopic (exact) mass is 323 g/mol. The van der Waals surface area contributed by atoms with Crippen molar-refractivity contribution >= 4 is 29.0 Å². The normalized spacial score (nSPS) is 15.1. The summed E-state index contributed by atoms with van der Waals surface area (Å²) >= 11 is 0. The van der Waals surface area contributed by atoms with Crippen molar-refractivity contribution in [1.82, 2.24) is 4.90 Å². The third-order valence-corrected chi connectivity index (χ3v) is 3.02. The second-order valence-electron chi connectivity index (χ2n) is 4.12. The molecule has 4 nitrogen and oxygen atoms in total. The Kier molecular flexibility index (Phi) is 4.69. The summed E-state index contributed by atoms with van der Waals surface area (Å²) in [4.78, 5) is 13.0. The van der Waals surface area contributed by atoms with Crippen molar-refractivity contribution in [3.05, 3.63) is 65.0 Å². The van der Waals surface area contributed by atoms with Crippen molar-refractivity contribution < 1.29 is 15.4 Å². The van der Waals surface area contributed by atoms with Gasteiger partial charge < -0.3 is 15.5 Å². The lowest BCUT2D eigenvalue weighted by Crippen LogP contribution is -2.22. The average Bonchev–Trinajstić information content (AvgIpc) is 2.35. The van der Waals surface area contributed by atoms with Gasteiger partial charge in [0.2, 0.25) is 0 Å². The predicted octanol–water partition coefficient (Wildman–Crippen LogP) is 2.13. The van der Waals surface area contributed by atoms with E-state index in [1.54, 1.807) is 12.2 Å². The van der Waals surface area contributed by atoms with Gasteiger partial charge in [0.15, 0.2) is 0 Å². The summed E-state index contributed by atoms with van der Waals surface area (Å²) in [7, 11) is 0. The van der Waals surface area contributed by atoms with Crippen molar-refractivity contribution in [3.8, 4) is 0 Å². The smallest absolute Gasteiger partial charge is 0.335 e. The lowest BCUT2D eigenvalue weighted by atomic mass is 9.99. The maximum Gasteiger partial charge on any atom is 0.335 e. The van der Waals surface area contributed by atoms with Gasteiger partial charge in [0.25, 0.3) is 0 Å². The Bertz CT molecular complexity index is 590. The minimum Gasteiger partial charge on any atom is -0.478 e. The van der Waals surface area contributed by atoms with Crippen LogP contribution in [-0.4, -0.2) is 21.5 Å². The van der Waals surface area contributed by atoms with Crippen molar-refractivity contribution in [2.24, 2.45) is 0 Å². The lowest BCUT2D eigenvalue weighted by molar-refractivity contribution is -0.132. The van der Waals surface area contributed by atoms with Gasteiger partial charge >= 0.3 is 5.97 Å². The number of benzene rings is 1. The molecule has 0 radical (unpaired) electrons. The van der Waals surface area contributed by atoms with Crippen LogP contribution in [0.3, 0.4) is 0 Å². The van der Waals surface area contributed by atoms with Crippen LogP contribution < -0.4 is 0 Å². The zero-order valence-corrected chi connectivity index (χ0v) is 11.7. The molecule has 2 heterocycles. The van der Waals surface area contributed by atoms with Crippen LogP contribution in [-0.2, 0) is 11.3 Å². The fourth-order valence-electron chi connectivity index (χ4n) is 2.11. The van der Waals surface area contributed by atoms with E-state index in [0.29, 0.717) is 5.57 Å². The average molecular weight is 324 g/mol. The van der Waals surface area contributed by atoms with E-state index < -0.39 is 5.97 Å². The summed E-state index contributed by atoms with van der Waals surface area (Å²) < 4.78 is 0. The van der Waals surface area contributed by atoms with Gasteiger partial charge in [-0.3, -0.25) is 0 Å². The molecular weight excluding hydrogens is 310 g/mol. The molecule has 1 aromatic carbocycles. The van der Waals surface area contributed by atoms with E-state index in [1.807, 2.05) is 30.5 Å². The zero-order valence-electron chi connectivity index (χ0n) is 10.0. The Hall–Kier alpha value is -1.85. The highest BCUT2D eigenvalue weighted by molar-refractivity contribution is 8.93. The Balaban J connectivity index is 0.000000902. The van der Waals surface area contributed by atoms with Crippen molar-refractivity contribution in [1.29, 1.82) is 0 Å². The number of hydrogen-bond acceptors (Lipinski definition) is 2. The molecule has 3 N–H and O–H groups in total. The highest BCUT2D eigenvalue weighted by Crippen LogP contribution is 2.28. The minimum atomic E-state index is -0.888. The molecule has 0 atom stereocenters. The number of aliphatic carboxylic acids is 1. The van der Waals surface area contributed by atoms with Crippen LogP contribution in [0.4, 0.5) is 0 Å². The van der Waals surface area contributed by atoms with Crippen LogP contribution >= 0.6 is 17.0 Å². The summed E-state index contributed by atoms with van der Waals surface area (Å²) in [5.41, 5.74) is 3.68. The van der Waals surface area contributed by atoms with E-state index in [0.717, 1.165) is 17.8 Å². The highest BCUT2D eigenvalue weighted by atomic mass is 79.9. The topological polar surface area (TPSA) is 72.0 Å². The molecule has 0 saturated carbocycles. The van der Waals surface area contributed by atoms with Gasteiger partial charge in [-0.2, -0.15) is 0 Å². The lowest BCUT2D eigenvalue weighted by Gasteiger charge is -2.29. The largest absolute Gasteiger partial charge is 0.478 e. The molecule has 2 aliphatic heterocycles. The van der Waals surface area contributed by atoms with Crippen LogP contribution in [0, 0.1) is 0 Å². The van der Waals surface area contributed by atoms with Crippen LogP contribution in [0.1, 0.15) is 11.1 Å². The quantitative estimate of drug-likeness (QED) is 0.860. The summed E-state index contributed by atoms with van der Waals surface area (Å²) in [6, 6.07) is 8.15. The van der Waals surface area contributed by atoms with E-state index >= 15 is 0 Å². The molecule has 0 saturated heterocycles. The van der Waals surface area contributed by atoms with Crippen LogP contribution in [0.2, 0.25) is 0 Å². The Labute approximate surface area is 121 Å². The second-order valence-corrected chi connectivity index (χ2v) is 4.12. The van der Waals surface area contributed by atoms with E-state index in [-0.39, 0.29) is 22.5 Å². The Morgan fingerprint density at radius 3 is 2.68 bits per heavy atom. The van der Waals surface area contributed by atoms with Crippen molar-refractivity contribution in [3.63, 3.8) is 0 Å². The number of carboxylic acid groups (broad SMARTS) is 1. The van der Waals surface area contributed by atoms with E-state index in [4.69, 9.17) is 5.11 Å². The third-order valence-electron chi connectivity index (χ3n) is 3.02. The number of fused-ring (bicyclic) bond motifs is 2. The number of hydrogen-bond donors (Lipinski definition) is 1. The van der Waals surface area contributed by atoms with Gasteiger partial charge in [-0.1, -0.05) is 24.3 Å². The molecule has 0 spiro atoms. The summed E-state index contributed by atoms with van der Waals surface area (Å²) in [5, 5.41) is 8.96. The number of rotatable bonds is 1. The zero-order chi connectivity index (χ0) is 11.8. The van der Waals surface area contributed by atoms with E-state index in [9.17, 15) is 4.79 Å². The molecule has 0 bridgehead atoms. The molecule has 0 unspecified atom stereocenters. The Morgan fingerprint density at radius 1 is 1.21 bits per heavy atom. The number of nitrogens with zero attached hydrogens (tertiary/aromatic N) is 1. The number of carboxylic acids is 1. The summed E-state index contributed by atoms with van der Waals surface area (Å²) in [6.45, 7) is 0.794. The van der Waals surface area contributed by atoms with Gasteiger partial charge in [-0.05, 0) is 29.4 Å². The first-order valence-corrected chi connectivity index (χ1v) is 5.43. The third kappa shape index (κ3) is 2.77. The van der Waals surface area contributed by atoms with Gasteiger partial charge in [0, 0.05) is 18.4 Å². The van der Waals surface area contributed by atoms with Gasteiger partial charge in [0.1, 0.15) is 0 Å². The van der Waals surface area contributed by atoms with Crippen LogP contribution in [0.25, 0.3) is 6.08 Å². The Morgan fingerprint density at radius 2 is 1.95 bits per heavy atom. The molecule has 3 rings (SSSR count). The summed E-state index contributed by atoms with van der Waals surface area (Å²) in [6.07, 6.45) is 7.18. The van der Waals surface area contributed by atoms with Gasteiger partial charge in [-0.15, -0.1) is 17.0 Å². The first-order valence-electron chi connectivity index (χ1n) is 5.43. The highest BCUT2D eigenvalue weighted by Gasteiger charge is 2.19. The summed E-state index contributed by atoms with van der Waals surface area (Å²) in [5.74, 6) is -0.888. The van der Waals surface area contributed by atoms with Crippen LogP contribution in [0.5, 0.6) is 0 Å². The molecule has 0 fully saturated rings. The maximum absolute atomic E-state index is 10.9. The molecule has 2 aliphatic rings. The van der Waals surface area contributed by atoms with Crippen molar-refractivity contribution in [2.75, 3.05) is 0 Å². The molecule has 0 amide bonds. The first kappa shape index (κ1) is 15.2. The molecule has 1 aromatic rings. The molecule has 100 valence electrons. The van der Waals surface area contributed by atoms with Crippen molar-refractivity contribution in [2.45, 2.75) is 6.54 Å². The number of halogens is 1. The first-order chi connectivity index (χ1) is 8.24. The maximum atomic E-state index is 10.9. The molecule has 19 heavy (non-hydrogen) atoms. The van der Waals surface area contributed by atoms with Crippen LogP contribution in [0.15, 0.2) is 53.9 Å². The standard InChI is InChI=1S/C14H11NO2.BrH.H2O/c16-14(17)11-5-6-15-9-12-4-2-1-3-10(12)7-13(15)8-11;;/h1-8H,9H2,(H,16,17);1H;1H2. The van der Waals surface area contributed by atoms with E-state index in [2.05, 4.69) is 11.0 Å². The van der Waals surface area contributed by atoms with E-state index in [1.165, 1.54) is 5.56 Å². The fraction of sp³-hybridized carbons (Fsp3) is 0.0714. The number of carbonyl (C=O) groups is 1. The molecule has 0 aromatic heterocycles. The molecular formula is C14H14BrNO3.